The van der Waals surface area contributed by atoms with E-state index in [1.807, 2.05) is 30.3 Å². The summed E-state index contributed by atoms with van der Waals surface area (Å²) in [5.41, 5.74) is 0.768. The van der Waals surface area contributed by atoms with Crippen molar-refractivity contribution in [2.24, 2.45) is 0 Å². The number of hydrogen-bond donors (Lipinski definition) is 0. The smallest absolute Gasteiger partial charge is 0.211 e. The molecule has 0 amide bonds. The minimum absolute atomic E-state index is 0.0431. The number of fused-ring (bicyclic) bond motifs is 1. The lowest BCUT2D eigenvalue weighted by molar-refractivity contribution is -0.00617. The predicted octanol–water partition coefficient (Wildman–Crippen LogP) is 2.73. The third-order valence-electron chi connectivity index (χ3n) is 3.87. The summed E-state index contributed by atoms with van der Waals surface area (Å²) in [6.07, 6.45) is 0.993. The van der Waals surface area contributed by atoms with Gasteiger partial charge in [-0.15, -0.1) is 0 Å². The van der Waals surface area contributed by atoms with Gasteiger partial charge in [-0.2, -0.15) is 0 Å². The Labute approximate surface area is 118 Å². The Hall–Kier alpha value is -1.65. The van der Waals surface area contributed by atoms with Crippen molar-refractivity contribution in [2.45, 2.75) is 19.4 Å². The molecule has 4 nitrogen and oxygen atoms in total. The van der Waals surface area contributed by atoms with Gasteiger partial charge in [0.15, 0.2) is 5.76 Å². The van der Waals surface area contributed by atoms with Gasteiger partial charge in [0.1, 0.15) is 5.58 Å². The van der Waals surface area contributed by atoms with Crippen LogP contribution in [-0.4, -0.2) is 43.0 Å². The zero-order valence-corrected chi connectivity index (χ0v) is 11.7. The van der Waals surface area contributed by atoms with Crippen LogP contribution < -0.4 is 0 Å². The zero-order valence-electron chi connectivity index (χ0n) is 11.7. The molecule has 1 unspecified atom stereocenters. The average Bonchev–Trinajstić information content (AvgIpc) is 2.92. The molecular weight excluding hydrogens is 254 g/mol. The van der Waals surface area contributed by atoms with Crippen molar-refractivity contribution in [3.05, 3.63) is 36.1 Å². The fraction of sp³-hybridized carbons (Fsp3) is 0.438. The quantitative estimate of drug-likeness (QED) is 0.803. The molecule has 0 N–H and O–H groups in total. The second-order valence-corrected chi connectivity index (χ2v) is 5.18. The van der Waals surface area contributed by atoms with Crippen LogP contribution in [0, 0.1) is 0 Å². The molecular formula is C16H19NO3. The number of benzene rings is 1. The standard InChI is InChI=1S/C16H19NO3/c1-2-13-11-19-8-7-17(13)10-14(18)16-9-12-5-3-4-6-15(12)20-16/h3-6,9,13H,2,7-8,10-11H2,1H3. The summed E-state index contributed by atoms with van der Waals surface area (Å²) in [5.74, 6) is 0.495. The Balaban J connectivity index is 1.75. The Morgan fingerprint density at radius 3 is 3.05 bits per heavy atom. The van der Waals surface area contributed by atoms with Gasteiger partial charge >= 0.3 is 0 Å². The van der Waals surface area contributed by atoms with E-state index in [-0.39, 0.29) is 5.78 Å². The van der Waals surface area contributed by atoms with Crippen molar-refractivity contribution < 1.29 is 13.9 Å². The molecule has 0 bridgehead atoms. The minimum Gasteiger partial charge on any atom is -0.453 e. The highest BCUT2D eigenvalue weighted by Crippen LogP contribution is 2.20. The van der Waals surface area contributed by atoms with Gasteiger partial charge < -0.3 is 9.15 Å². The summed E-state index contributed by atoms with van der Waals surface area (Å²) in [5, 5.41) is 0.977. The molecule has 1 aromatic carbocycles. The van der Waals surface area contributed by atoms with Crippen LogP contribution in [0.4, 0.5) is 0 Å². The molecule has 0 saturated carbocycles. The molecule has 0 spiro atoms. The summed E-state index contributed by atoms with van der Waals surface area (Å²) in [6, 6.07) is 9.86. The van der Waals surface area contributed by atoms with Crippen molar-refractivity contribution in [2.75, 3.05) is 26.3 Å². The molecule has 3 rings (SSSR count). The lowest BCUT2D eigenvalue weighted by Gasteiger charge is -2.34. The van der Waals surface area contributed by atoms with E-state index in [4.69, 9.17) is 9.15 Å². The minimum atomic E-state index is 0.0431. The highest BCUT2D eigenvalue weighted by Gasteiger charge is 2.25. The fourth-order valence-corrected chi connectivity index (χ4v) is 2.66. The second-order valence-electron chi connectivity index (χ2n) is 5.18. The van der Waals surface area contributed by atoms with Gasteiger partial charge in [-0.1, -0.05) is 25.1 Å². The van der Waals surface area contributed by atoms with Gasteiger partial charge in [-0.05, 0) is 18.6 Å². The summed E-state index contributed by atoms with van der Waals surface area (Å²) >= 11 is 0. The number of morpholine rings is 1. The van der Waals surface area contributed by atoms with E-state index < -0.39 is 0 Å². The molecule has 1 aliphatic heterocycles. The number of furan rings is 1. The lowest BCUT2D eigenvalue weighted by atomic mass is 10.1. The molecule has 106 valence electrons. The first-order valence-corrected chi connectivity index (χ1v) is 7.11. The summed E-state index contributed by atoms with van der Waals surface area (Å²) < 4.78 is 11.1. The van der Waals surface area contributed by atoms with E-state index in [1.54, 1.807) is 0 Å². The van der Waals surface area contributed by atoms with Crippen molar-refractivity contribution in [3.8, 4) is 0 Å². The molecule has 1 saturated heterocycles. The highest BCUT2D eigenvalue weighted by molar-refractivity contribution is 5.98. The highest BCUT2D eigenvalue weighted by atomic mass is 16.5. The molecule has 20 heavy (non-hydrogen) atoms. The molecule has 1 aromatic heterocycles. The van der Waals surface area contributed by atoms with Crippen LogP contribution in [-0.2, 0) is 4.74 Å². The number of ether oxygens (including phenoxy) is 1. The maximum Gasteiger partial charge on any atom is 0.211 e. The second kappa shape index (κ2) is 5.77. The number of carbonyl (C=O) groups excluding carboxylic acids is 1. The van der Waals surface area contributed by atoms with Crippen molar-refractivity contribution in [3.63, 3.8) is 0 Å². The largest absolute Gasteiger partial charge is 0.453 e. The monoisotopic (exact) mass is 273 g/mol. The summed E-state index contributed by atoms with van der Waals surface area (Å²) in [4.78, 5) is 14.6. The van der Waals surface area contributed by atoms with Crippen LogP contribution in [0.25, 0.3) is 11.0 Å². The SMILES string of the molecule is CCC1COCCN1CC(=O)c1cc2ccccc2o1. The normalized spacial score (nSPS) is 20.4. The number of carbonyl (C=O) groups is 1. The number of nitrogens with zero attached hydrogens (tertiary/aromatic N) is 1. The molecule has 2 heterocycles. The van der Waals surface area contributed by atoms with Gasteiger partial charge in [0, 0.05) is 18.0 Å². The van der Waals surface area contributed by atoms with E-state index in [2.05, 4.69) is 11.8 Å². The molecule has 1 aliphatic rings. The molecule has 0 radical (unpaired) electrons. The number of para-hydroxylation sites is 1. The van der Waals surface area contributed by atoms with Crippen LogP contribution in [0.1, 0.15) is 23.9 Å². The fourth-order valence-electron chi connectivity index (χ4n) is 2.66. The summed E-state index contributed by atoms with van der Waals surface area (Å²) in [7, 11) is 0. The van der Waals surface area contributed by atoms with Crippen molar-refractivity contribution >= 4 is 16.8 Å². The maximum absolute atomic E-state index is 12.4. The van der Waals surface area contributed by atoms with Crippen molar-refractivity contribution in [1.82, 2.24) is 4.90 Å². The number of Topliss-reactive ketones (excluding diaryl/α,β-unsaturated/α-hetero) is 1. The number of ketones is 1. The van der Waals surface area contributed by atoms with Gasteiger partial charge in [0.2, 0.25) is 5.78 Å². The van der Waals surface area contributed by atoms with Crippen LogP contribution in [0.5, 0.6) is 0 Å². The molecule has 0 aliphatic carbocycles. The third-order valence-corrected chi connectivity index (χ3v) is 3.87. The average molecular weight is 273 g/mol. The van der Waals surface area contributed by atoms with Crippen LogP contribution >= 0.6 is 0 Å². The number of hydrogen-bond acceptors (Lipinski definition) is 4. The van der Waals surface area contributed by atoms with Crippen LogP contribution in [0.2, 0.25) is 0 Å². The first-order chi connectivity index (χ1) is 9.78. The Bertz CT molecular complexity index is 572. The topological polar surface area (TPSA) is 42.7 Å². The third kappa shape index (κ3) is 2.62. The van der Waals surface area contributed by atoms with Crippen molar-refractivity contribution in [1.29, 1.82) is 0 Å². The number of rotatable bonds is 4. The van der Waals surface area contributed by atoms with E-state index in [9.17, 15) is 4.79 Å². The first-order valence-electron chi connectivity index (χ1n) is 7.11. The summed E-state index contributed by atoms with van der Waals surface area (Å²) in [6.45, 7) is 4.75. The predicted molar refractivity (Wildman–Crippen MR) is 77.0 cm³/mol. The molecule has 1 atom stereocenters. The van der Waals surface area contributed by atoms with Gasteiger partial charge in [-0.3, -0.25) is 9.69 Å². The molecule has 2 aromatic rings. The van der Waals surface area contributed by atoms with E-state index >= 15 is 0 Å². The Morgan fingerprint density at radius 2 is 2.25 bits per heavy atom. The van der Waals surface area contributed by atoms with Gasteiger partial charge in [0.25, 0.3) is 0 Å². The van der Waals surface area contributed by atoms with E-state index in [1.165, 1.54) is 0 Å². The van der Waals surface area contributed by atoms with Gasteiger partial charge in [-0.25, -0.2) is 0 Å². The van der Waals surface area contributed by atoms with E-state index in [0.29, 0.717) is 31.6 Å². The Kier molecular flexibility index (Phi) is 3.85. The van der Waals surface area contributed by atoms with E-state index in [0.717, 1.165) is 23.9 Å². The maximum atomic E-state index is 12.4. The first kappa shape index (κ1) is 13.3. The van der Waals surface area contributed by atoms with Crippen LogP contribution in [0.15, 0.2) is 34.7 Å². The van der Waals surface area contributed by atoms with Crippen LogP contribution in [0.3, 0.4) is 0 Å². The van der Waals surface area contributed by atoms with Gasteiger partial charge in [0.05, 0.1) is 19.8 Å². The molecule has 4 heteroatoms. The zero-order chi connectivity index (χ0) is 13.9. The lowest BCUT2D eigenvalue weighted by Crippen LogP contribution is -2.47. The Morgan fingerprint density at radius 1 is 1.40 bits per heavy atom. The molecule has 1 fully saturated rings.